The average molecular weight is 446 g/mol. The minimum Gasteiger partial charge on any atom is -0.493 e. The molecule has 1 aliphatic carbocycles. The third-order valence-corrected chi connectivity index (χ3v) is 6.46. The molecule has 1 amide bonds. The van der Waals surface area contributed by atoms with E-state index in [1.165, 1.54) is 7.11 Å². The number of aliphatic carboxylic acids is 1. The van der Waals surface area contributed by atoms with E-state index in [2.05, 4.69) is 0 Å². The maximum absolute atomic E-state index is 13.4. The Kier molecular flexibility index (Phi) is 7.43. The first-order chi connectivity index (χ1) is 15.4. The van der Waals surface area contributed by atoms with E-state index in [-0.39, 0.29) is 18.7 Å². The normalized spacial score (nSPS) is 23.0. The highest BCUT2D eigenvalue weighted by atomic mass is 16.5. The van der Waals surface area contributed by atoms with Crippen molar-refractivity contribution >= 4 is 17.8 Å². The van der Waals surface area contributed by atoms with Gasteiger partial charge in [0.15, 0.2) is 11.5 Å². The SMILES string of the molecule is COC(=O)[C@]12CCCCC=C1N(CCc1ccc(OC)c(OC)c1)C(=O)[C@@H](CC(=O)O)C2. The second-order valence-electron chi connectivity index (χ2n) is 8.34. The lowest BCUT2D eigenvalue weighted by Gasteiger charge is -2.45. The van der Waals surface area contributed by atoms with Crippen LogP contribution in [0.3, 0.4) is 0 Å². The van der Waals surface area contributed by atoms with Gasteiger partial charge in [0.25, 0.3) is 0 Å². The van der Waals surface area contributed by atoms with Gasteiger partial charge in [-0.15, -0.1) is 0 Å². The number of hydrogen-bond donors (Lipinski definition) is 1. The van der Waals surface area contributed by atoms with Crippen LogP contribution in [-0.2, 0) is 25.5 Å². The molecule has 0 spiro atoms. The average Bonchev–Trinajstić information content (AvgIpc) is 3.01. The molecule has 2 aliphatic rings. The summed E-state index contributed by atoms with van der Waals surface area (Å²) in [4.78, 5) is 39.5. The zero-order valence-corrected chi connectivity index (χ0v) is 18.9. The van der Waals surface area contributed by atoms with E-state index >= 15 is 0 Å². The van der Waals surface area contributed by atoms with E-state index in [4.69, 9.17) is 14.2 Å². The molecule has 0 unspecified atom stereocenters. The quantitative estimate of drug-likeness (QED) is 0.613. The van der Waals surface area contributed by atoms with Gasteiger partial charge in [-0.2, -0.15) is 0 Å². The fourth-order valence-electron chi connectivity index (χ4n) is 4.92. The number of carbonyl (C=O) groups excluding carboxylic acids is 2. The van der Waals surface area contributed by atoms with Crippen LogP contribution >= 0.6 is 0 Å². The van der Waals surface area contributed by atoms with Crippen LogP contribution in [0.15, 0.2) is 30.0 Å². The molecule has 8 heteroatoms. The molecule has 1 heterocycles. The summed E-state index contributed by atoms with van der Waals surface area (Å²) in [5, 5.41) is 9.39. The molecular weight excluding hydrogens is 414 g/mol. The Hall–Kier alpha value is -3.03. The molecule has 1 aromatic carbocycles. The minimum absolute atomic E-state index is 0.170. The predicted octanol–water partition coefficient (Wildman–Crippen LogP) is 3.19. The first-order valence-electron chi connectivity index (χ1n) is 10.9. The van der Waals surface area contributed by atoms with Crippen LogP contribution in [0.5, 0.6) is 11.5 Å². The number of carbonyl (C=O) groups is 3. The highest BCUT2D eigenvalue weighted by molar-refractivity contribution is 5.91. The van der Waals surface area contributed by atoms with E-state index < -0.39 is 23.3 Å². The first kappa shape index (κ1) is 23.6. The van der Waals surface area contributed by atoms with Crippen molar-refractivity contribution in [2.24, 2.45) is 11.3 Å². The molecule has 174 valence electrons. The molecule has 1 N–H and O–H groups in total. The Labute approximate surface area is 188 Å². The molecule has 1 fully saturated rings. The predicted molar refractivity (Wildman–Crippen MR) is 116 cm³/mol. The van der Waals surface area contributed by atoms with Gasteiger partial charge in [0.05, 0.1) is 33.7 Å². The minimum atomic E-state index is -1.05. The lowest BCUT2D eigenvalue weighted by atomic mass is 9.69. The summed E-state index contributed by atoms with van der Waals surface area (Å²) >= 11 is 0. The lowest BCUT2D eigenvalue weighted by molar-refractivity contribution is -0.160. The van der Waals surface area contributed by atoms with Crippen LogP contribution in [0.2, 0.25) is 0 Å². The number of amides is 1. The van der Waals surface area contributed by atoms with Gasteiger partial charge in [-0.3, -0.25) is 14.4 Å². The number of nitrogens with zero attached hydrogens (tertiary/aromatic N) is 1. The van der Waals surface area contributed by atoms with Crippen LogP contribution < -0.4 is 9.47 Å². The van der Waals surface area contributed by atoms with Gasteiger partial charge in [0, 0.05) is 12.2 Å². The molecule has 2 atom stereocenters. The maximum atomic E-state index is 13.4. The maximum Gasteiger partial charge on any atom is 0.317 e. The van der Waals surface area contributed by atoms with E-state index in [0.717, 1.165) is 24.8 Å². The molecule has 1 aliphatic heterocycles. The van der Waals surface area contributed by atoms with Gasteiger partial charge in [0.2, 0.25) is 5.91 Å². The van der Waals surface area contributed by atoms with Crippen molar-refractivity contribution in [3.8, 4) is 11.5 Å². The van der Waals surface area contributed by atoms with Gasteiger partial charge in [0.1, 0.15) is 5.41 Å². The summed E-state index contributed by atoms with van der Waals surface area (Å²) in [5.74, 6) is -1.26. The Bertz CT molecular complexity index is 910. The van der Waals surface area contributed by atoms with Crippen LogP contribution in [0.1, 0.15) is 44.1 Å². The number of rotatable bonds is 8. The van der Waals surface area contributed by atoms with Crippen LogP contribution in [0, 0.1) is 11.3 Å². The molecule has 1 aromatic rings. The zero-order valence-electron chi connectivity index (χ0n) is 18.9. The molecule has 0 aromatic heterocycles. The Morgan fingerprint density at radius 2 is 1.91 bits per heavy atom. The summed E-state index contributed by atoms with van der Waals surface area (Å²) in [6, 6.07) is 5.57. The number of piperidine rings is 1. The molecule has 0 saturated carbocycles. The number of methoxy groups -OCH3 is 3. The summed E-state index contributed by atoms with van der Waals surface area (Å²) < 4.78 is 15.8. The summed E-state index contributed by atoms with van der Waals surface area (Å²) in [5.41, 5.74) is 0.610. The third-order valence-electron chi connectivity index (χ3n) is 6.46. The number of fused-ring (bicyclic) bond motifs is 1. The monoisotopic (exact) mass is 445 g/mol. The number of benzene rings is 1. The Morgan fingerprint density at radius 1 is 1.16 bits per heavy atom. The van der Waals surface area contributed by atoms with Crippen LogP contribution in [0.4, 0.5) is 0 Å². The second kappa shape index (κ2) is 10.1. The number of hydrogen-bond acceptors (Lipinski definition) is 6. The smallest absolute Gasteiger partial charge is 0.317 e. The van der Waals surface area contributed by atoms with Crippen molar-refractivity contribution in [3.05, 3.63) is 35.5 Å². The lowest BCUT2D eigenvalue weighted by Crippen LogP contribution is -2.53. The molecule has 8 nitrogen and oxygen atoms in total. The third kappa shape index (κ3) is 4.59. The van der Waals surface area contributed by atoms with Gasteiger partial charge in [-0.25, -0.2) is 0 Å². The standard InChI is InChI=1S/C24H31NO7/c1-30-18-9-8-16(13-19(18)31-2)10-12-25-20-7-5-4-6-11-24(20,23(29)32-3)15-17(22(25)28)14-21(26)27/h7-9,13,17H,4-6,10-12,14-15H2,1-3H3,(H,26,27)/t17-,24-/m0/s1. The van der Waals surface area contributed by atoms with Gasteiger partial charge in [-0.1, -0.05) is 18.6 Å². The van der Waals surface area contributed by atoms with Crippen molar-refractivity contribution in [2.45, 2.75) is 44.9 Å². The van der Waals surface area contributed by atoms with Crippen molar-refractivity contribution in [1.82, 2.24) is 4.90 Å². The number of carboxylic acid groups (broad SMARTS) is 1. The highest BCUT2D eigenvalue weighted by Crippen LogP contribution is 2.49. The number of esters is 1. The highest BCUT2D eigenvalue weighted by Gasteiger charge is 2.53. The van der Waals surface area contributed by atoms with E-state index in [0.29, 0.717) is 36.6 Å². The molecular formula is C24H31NO7. The summed E-state index contributed by atoms with van der Waals surface area (Å²) in [7, 11) is 4.47. The van der Waals surface area contributed by atoms with Crippen LogP contribution in [0.25, 0.3) is 0 Å². The van der Waals surface area contributed by atoms with Gasteiger partial charge in [-0.05, 0) is 49.8 Å². The van der Waals surface area contributed by atoms with Gasteiger partial charge >= 0.3 is 11.9 Å². The molecule has 3 rings (SSSR count). The van der Waals surface area contributed by atoms with Crippen molar-refractivity contribution < 1.29 is 33.7 Å². The number of carboxylic acids is 1. The van der Waals surface area contributed by atoms with E-state index in [9.17, 15) is 19.5 Å². The van der Waals surface area contributed by atoms with Crippen LogP contribution in [-0.4, -0.2) is 55.7 Å². The Morgan fingerprint density at radius 3 is 2.56 bits per heavy atom. The number of allylic oxidation sites excluding steroid dienone is 1. The zero-order chi connectivity index (χ0) is 23.3. The second-order valence-corrected chi connectivity index (χ2v) is 8.34. The summed E-state index contributed by atoms with van der Waals surface area (Å²) in [6.07, 6.45) is 5.37. The fourth-order valence-corrected chi connectivity index (χ4v) is 4.92. The Balaban J connectivity index is 1.95. The molecule has 0 bridgehead atoms. The van der Waals surface area contributed by atoms with E-state index in [1.807, 2.05) is 24.3 Å². The van der Waals surface area contributed by atoms with Gasteiger partial charge < -0.3 is 24.2 Å². The number of ether oxygens (including phenoxy) is 3. The van der Waals surface area contributed by atoms with Crippen molar-refractivity contribution in [2.75, 3.05) is 27.9 Å². The van der Waals surface area contributed by atoms with E-state index in [1.54, 1.807) is 19.1 Å². The van der Waals surface area contributed by atoms with Crippen molar-refractivity contribution in [3.63, 3.8) is 0 Å². The van der Waals surface area contributed by atoms with Crippen molar-refractivity contribution in [1.29, 1.82) is 0 Å². The molecule has 1 saturated heterocycles. The fraction of sp³-hybridized carbons (Fsp3) is 0.542. The summed E-state index contributed by atoms with van der Waals surface area (Å²) in [6.45, 7) is 0.328. The number of likely N-dealkylation sites (tertiary alicyclic amines) is 1. The molecule has 0 radical (unpaired) electrons. The first-order valence-corrected chi connectivity index (χ1v) is 10.9. The molecule has 32 heavy (non-hydrogen) atoms. The topological polar surface area (TPSA) is 102 Å². The largest absolute Gasteiger partial charge is 0.493 e.